The number of halogens is 2. The summed E-state index contributed by atoms with van der Waals surface area (Å²) in [4.78, 5) is 2.13. The summed E-state index contributed by atoms with van der Waals surface area (Å²) < 4.78 is 41.1. The van der Waals surface area contributed by atoms with Crippen molar-refractivity contribution in [1.82, 2.24) is 14.7 Å². The third kappa shape index (κ3) is 7.85. The molecule has 0 aliphatic heterocycles. The average molecular weight is 502 g/mol. The first-order valence-corrected chi connectivity index (χ1v) is 12.4. The van der Waals surface area contributed by atoms with Crippen molar-refractivity contribution in [2.75, 3.05) is 26.3 Å². The Labute approximate surface area is 212 Å². The molecule has 3 rings (SSSR count). The lowest BCUT2D eigenvalue weighted by atomic mass is 10.1. The van der Waals surface area contributed by atoms with E-state index in [4.69, 9.17) is 9.47 Å². The summed E-state index contributed by atoms with van der Waals surface area (Å²) in [5.74, 6) is -0.465. The minimum Gasteiger partial charge on any atom is -0.436 e. The Morgan fingerprint density at radius 2 is 1.69 bits per heavy atom. The van der Waals surface area contributed by atoms with Gasteiger partial charge in [-0.1, -0.05) is 58.0 Å². The number of benzene rings is 2. The van der Waals surface area contributed by atoms with Crippen LogP contribution in [0.15, 0.2) is 48.5 Å². The van der Waals surface area contributed by atoms with E-state index < -0.39 is 17.7 Å². The van der Waals surface area contributed by atoms with Gasteiger partial charge in [0.15, 0.2) is 11.6 Å². The van der Waals surface area contributed by atoms with Gasteiger partial charge in [-0.25, -0.2) is 13.5 Å². The molecule has 0 aliphatic carbocycles. The maximum absolute atomic E-state index is 14.5. The Bertz CT molecular complexity index is 1100. The molecular formula is C28H37F2N3O3. The average Bonchev–Trinajstić information content (AvgIpc) is 3.10. The second-order valence-electron chi connectivity index (χ2n) is 9.97. The number of hydrogen-bond donors (Lipinski definition) is 1. The molecule has 0 saturated carbocycles. The number of nitrogens with zero attached hydrogens (tertiary/aromatic N) is 3. The minimum atomic E-state index is -0.792. The summed E-state index contributed by atoms with van der Waals surface area (Å²) >= 11 is 0. The van der Waals surface area contributed by atoms with E-state index in [9.17, 15) is 13.9 Å². The molecule has 0 fully saturated rings. The summed E-state index contributed by atoms with van der Waals surface area (Å²) in [7, 11) is 1.73. The van der Waals surface area contributed by atoms with Crippen LogP contribution in [0.3, 0.4) is 0 Å². The Morgan fingerprint density at radius 3 is 2.33 bits per heavy atom. The van der Waals surface area contributed by atoms with Crippen LogP contribution in [0.1, 0.15) is 33.3 Å². The number of aliphatic hydroxyl groups excluding tert-OH is 1. The van der Waals surface area contributed by atoms with E-state index in [1.54, 1.807) is 11.7 Å². The van der Waals surface area contributed by atoms with E-state index in [0.717, 1.165) is 23.3 Å². The molecule has 0 aliphatic rings. The van der Waals surface area contributed by atoms with Crippen molar-refractivity contribution >= 4 is 0 Å². The van der Waals surface area contributed by atoms with Crippen molar-refractivity contribution in [2.45, 2.75) is 40.3 Å². The molecule has 3 aromatic rings. The molecule has 1 atom stereocenters. The van der Waals surface area contributed by atoms with Crippen molar-refractivity contribution in [2.24, 2.45) is 18.9 Å². The van der Waals surface area contributed by atoms with Crippen molar-refractivity contribution in [3.05, 3.63) is 65.7 Å². The van der Waals surface area contributed by atoms with Gasteiger partial charge >= 0.3 is 0 Å². The third-order valence-corrected chi connectivity index (χ3v) is 5.47. The SMILES string of the molecule is CC(C)COC[C@H](O)CN(Cc1c(-c2ccccc2)nn(C)c1Oc1ccc(F)cc1F)CC(C)C. The molecule has 1 heterocycles. The van der Waals surface area contributed by atoms with E-state index >= 15 is 0 Å². The van der Waals surface area contributed by atoms with Crippen LogP contribution in [-0.2, 0) is 18.3 Å². The molecule has 0 amide bonds. The van der Waals surface area contributed by atoms with E-state index in [-0.39, 0.29) is 12.4 Å². The van der Waals surface area contributed by atoms with Crippen molar-refractivity contribution in [3.63, 3.8) is 0 Å². The number of aryl methyl sites for hydroxylation is 1. The van der Waals surface area contributed by atoms with Gasteiger partial charge in [-0.3, -0.25) is 4.90 Å². The molecule has 1 N–H and O–H groups in total. The van der Waals surface area contributed by atoms with Crippen LogP contribution in [0.2, 0.25) is 0 Å². The standard InChI is InChI=1S/C28H37F2N3O3/c1-19(2)14-33(15-23(34)18-35-17-20(3)4)16-24-27(21-9-7-6-8-10-21)31-32(5)28(24)36-26-12-11-22(29)13-25(26)30/h6-13,19-20,23,34H,14-18H2,1-5H3/t23-/m1/s1. The monoisotopic (exact) mass is 501 g/mol. The molecule has 0 spiro atoms. The zero-order chi connectivity index (χ0) is 26.2. The van der Waals surface area contributed by atoms with Gasteiger partial charge in [0, 0.05) is 44.9 Å². The number of aliphatic hydroxyl groups is 1. The van der Waals surface area contributed by atoms with Gasteiger partial charge < -0.3 is 14.6 Å². The Kier molecular flexibility index (Phi) is 9.98. The highest BCUT2D eigenvalue weighted by Gasteiger charge is 2.24. The zero-order valence-corrected chi connectivity index (χ0v) is 21.7. The molecular weight excluding hydrogens is 464 g/mol. The maximum Gasteiger partial charge on any atom is 0.222 e. The fraction of sp³-hybridized carbons (Fsp3) is 0.464. The van der Waals surface area contributed by atoms with Crippen molar-refractivity contribution in [1.29, 1.82) is 0 Å². The zero-order valence-electron chi connectivity index (χ0n) is 21.7. The first-order valence-electron chi connectivity index (χ1n) is 12.4. The molecule has 2 aromatic carbocycles. The number of aromatic nitrogens is 2. The molecule has 0 saturated heterocycles. The number of hydrogen-bond acceptors (Lipinski definition) is 5. The van der Waals surface area contributed by atoms with Gasteiger partial charge in [0.2, 0.25) is 5.88 Å². The van der Waals surface area contributed by atoms with Crippen LogP contribution in [0.5, 0.6) is 11.6 Å². The highest BCUT2D eigenvalue weighted by Crippen LogP contribution is 2.35. The second kappa shape index (κ2) is 12.9. The highest BCUT2D eigenvalue weighted by atomic mass is 19.1. The largest absolute Gasteiger partial charge is 0.436 e. The van der Waals surface area contributed by atoms with Crippen LogP contribution in [0.4, 0.5) is 8.78 Å². The molecule has 6 nitrogen and oxygen atoms in total. The first-order chi connectivity index (χ1) is 17.1. The van der Waals surface area contributed by atoms with E-state index in [1.165, 1.54) is 6.07 Å². The van der Waals surface area contributed by atoms with Gasteiger partial charge in [0.1, 0.15) is 11.5 Å². The normalized spacial score (nSPS) is 12.6. The lowest BCUT2D eigenvalue weighted by molar-refractivity contribution is 0.00516. The van der Waals surface area contributed by atoms with E-state index in [2.05, 4.69) is 37.7 Å². The summed E-state index contributed by atoms with van der Waals surface area (Å²) in [6.45, 7) is 10.7. The van der Waals surface area contributed by atoms with Crippen LogP contribution < -0.4 is 4.74 Å². The Balaban J connectivity index is 1.94. The Morgan fingerprint density at radius 1 is 0.972 bits per heavy atom. The summed E-state index contributed by atoms with van der Waals surface area (Å²) in [5.41, 5.74) is 2.35. The molecule has 1 aromatic heterocycles. The third-order valence-electron chi connectivity index (χ3n) is 5.47. The fourth-order valence-electron chi connectivity index (χ4n) is 4.05. The van der Waals surface area contributed by atoms with Crippen LogP contribution in [0, 0.1) is 23.5 Å². The van der Waals surface area contributed by atoms with Crippen LogP contribution in [-0.4, -0.2) is 52.2 Å². The van der Waals surface area contributed by atoms with Crippen LogP contribution in [0.25, 0.3) is 11.3 Å². The molecule has 0 unspecified atom stereocenters. The van der Waals surface area contributed by atoms with Gasteiger partial charge in [0.25, 0.3) is 0 Å². The summed E-state index contributed by atoms with van der Waals surface area (Å²) in [6, 6.07) is 12.9. The molecule has 196 valence electrons. The van der Waals surface area contributed by atoms with Crippen molar-refractivity contribution in [3.8, 4) is 22.9 Å². The smallest absolute Gasteiger partial charge is 0.222 e. The van der Waals surface area contributed by atoms with E-state index in [0.29, 0.717) is 49.7 Å². The lowest BCUT2D eigenvalue weighted by Crippen LogP contribution is -2.37. The van der Waals surface area contributed by atoms with Crippen LogP contribution >= 0.6 is 0 Å². The molecule has 0 bridgehead atoms. The number of ether oxygens (including phenoxy) is 2. The molecule has 8 heteroatoms. The quantitative estimate of drug-likeness (QED) is 0.328. The van der Waals surface area contributed by atoms with E-state index in [1.807, 2.05) is 30.3 Å². The lowest BCUT2D eigenvalue weighted by Gasteiger charge is -2.27. The minimum absolute atomic E-state index is 0.0854. The second-order valence-corrected chi connectivity index (χ2v) is 9.97. The van der Waals surface area contributed by atoms with Gasteiger partial charge in [-0.15, -0.1) is 0 Å². The summed E-state index contributed by atoms with van der Waals surface area (Å²) in [5, 5.41) is 15.4. The van der Waals surface area contributed by atoms with Gasteiger partial charge in [0.05, 0.1) is 18.3 Å². The van der Waals surface area contributed by atoms with Gasteiger partial charge in [-0.2, -0.15) is 5.10 Å². The maximum atomic E-state index is 14.5. The van der Waals surface area contributed by atoms with Gasteiger partial charge in [-0.05, 0) is 24.0 Å². The molecule has 36 heavy (non-hydrogen) atoms. The number of rotatable bonds is 13. The highest BCUT2D eigenvalue weighted by molar-refractivity contribution is 5.65. The topological polar surface area (TPSA) is 59.8 Å². The van der Waals surface area contributed by atoms with Crippen molar-refractivity contribution < 1.29 is 23.4 Å². The Hall–Kier alpha value is -2.81. The summed E-state index contributed by atoms with van der Waals surface area (Å²) in [6.07, 6.45) is -0.668. The molecule has 0 radical (unpaired) electrons. The first kappa shape index (κ1) is 27.8. The predicted molar refractivity (Wildman–Crippen MR) is 137 cm³/mol. The predicted octanol–water partition coefficient (Wildman–Crippen LogP) is 5.65. The fourth-order valence-corrected chi connectivity index (χ4v) is 4.05.